The Morgan fingerprint density at radius 1 is 1.50 bits per heavy atom. The molecule has 3 N–H and O–H groups in total. The lowest BCUT2D eigenvalue weighted by Crippen LogP contribution is -2.29. The van der Waals surface area contributed by atoms with Crippen molar-refractivity contribution in [1.82, 2.24) is 20.1 Å². The lowest BCUT2D eigenvalue weighted by Gasteiger charge is -2.08. The maximum atomic E-state index is 11.9. The van der Waals surface area contributed by atoms with Gasteiger partial charge in [0.25, 0.3) is 0 Å². The minimum Gasteiger partial charge on any atom is -0.508 e. The zero-order valence-electron chi connectivity index (χ0n) is 12.1. The molecule has 1 amide bonds. The van der Waals surface area contributed by atoms with Gasteiger partial charge in [-0.15, -0.1) is 0 Å². The maximum Gasteiger partial charge on any atom is 0.224 e. The predicted molar refractivity (Wildman–Crippen MR) is 84.2 cm³/mol. The Bertz CT molecular complexity index is 733. The molecule has 0 bridgehead atoms. The lowest BCUT2D eigenvalue weighted by molar-refractivity contribution is -0.120. The zero-order valence-corrected chi connectivity index (χ0v) is 12.9. The van der Waals surface area contributed by atoms with Crippen LogP contribution in [-0.2, 0) is 17.8 Å². The highest BCUT2D eigenvalue weighted by atomic mass is 32.1. The summed E-state index contributed by atoms with van der Waals surface area (Å²) in [4.78, 5) is 11.9. The molecule has 2 aromatic rings. The monoisotopic (exact) mass is 318 g/mol. The van der Waals surface area contributed by atoms with Gasteiger partial charge in [0.1, 0.15) is 11.6 Å². The number of H-pyrrole nitrogens is 1. The van der Waals surface area contributed by atoms with Crippen LogP contribution in [0.1, 0.15) is 30.1 Å². The average molecular weight is 318 g/mol. The minimum absolute atomic E-state index is 0.0754. The molecule has 1 saturated carbocycles. The molecule has 1 aliphatic carbocycles. The van der Waals surface area contributed by atoms with E-state index in [4.69, 9.17) is 12.2 Å². The average Bonchev–Trinajstić information content (AvgIpc) is 3.24. The molecule has 1 fully saturated rings. The summed E-state index contributed by atoms with van der Waals surface area (Å²) in [6, 6.07) is 6.72. The van der Waals surface area contributed by atoms with Crippen LogP contribution in [0.2, 0.25) is 0 Å². The van der Waals surface area contributed by atoms with Crippen molar-refractivity contribution in [3.05, 3.63) is 40.4 Å². The van der Waals surface area contributed by atoms with Crippen LogP contribution in [0.15, 0.2) is 24.3 Å². The number of rotatable bonds is 6. The summed E-state index contributed by atoms with van der Waals surface area (Å²) in [5, 5.41) is 19.3. The van der Waals surface area contributed by atoms with Crippen molar-refractivity contribution in [1.29, 1.82) is 0 Å². The van der Waals surface area contributed by atoms with Gasteiger partial charge < -0.3 is 15.0 Å². The Kier molecular flexibility index (Phi) is 4.24. The minimum atomic E-state index is -0.0754. The van der Waals surface area contributed by atoms with Crippen molar-refractivity contribution in [2.24, 2.45) is 0 Å². The first kappa shape index (κ1) is 14.8. The van der Waals surface area contributed by atoms with Crippen molar-refractivity contribution in [3.63, 3.8) is 0 Å². The van der Waals surface area contributed by atoms with E-state index in [1.807, 2.05) is 10.6 Å². The van der Waals surface area contributed by atoms with Crippen molar-refractivity contribution < 1.29 is 9.90 Å². The van der Waals surface area contributed by atoms with Gasteiger partial charge in [0.15, 0.2) is 4.77 Å². The topological polar surface area (TPSA) is 82.9 Å². The summed E-state index contributed by atoms with van der Waals surface area (Å²) in [5.41, 5.74) is 0.788. The van der Waals surface area contributed by atoms with E-state index in [9.17, 15) is 9.90 Å². The normalized spacial score (nSPS) is 14.0. The summed E-state index contributed by atoms with van der Waals surface area (Å²) in [6.07, 6.45) is 2.56. The first-order valence-electron chi connectivity index (χ1n) is 7.33. The predicted octanol–water partition coefficient (Wildman–Crippen LogP) is 1.88. The second kappa shape index (κ2) is 6.31. The number of aromatic hydroxyl groups is 1. The first-order valence-corrected chi connectivity index (χ1v) is 7.74. The number of benzene rings is 1. The largest absolute Gasteiger partial charge is 0.508 e. The molecule has 116 valence electrons. The van der Waals surface area contributed by atoms with Gasteiger partial charge in [-0.05, 0) is 42.8 Å². The van der Waals surface area contributed by atoms with E-state index in [-0.39, 0.29) is 18.1 Å². The molecule has 3 rings (SSSR count). The molecule has 1 aromatic carbocycles. The van der Waals surface area contributed by atoms with Gasteiger partial charge in [0.05, 0.1) is 6.42 Å². The summed E-state index contributed by atoms with van der Waals surface area (Å²) in [6.45, 7) is 1.12. The standard InChI is InChI=1S/C15H18N4O2S/c20-12-3-1-2-10(8-12)9-13(21)16-6-7-19-14(11-4-5-11)17-18-15(19)22/h1-3,8,11,20H,4-7,9H2,(H,16,21)(H,18,22). The van der Waals surface area contributed by atoms with Crippen molar-refractivity contribution in [2.45, 2.75) is 31.7 Å². The molecule has 1 aliphatic rings. The molecule has 0 saturated heterocycles. The molecule has 1 heterocycles. The SMILES string of the molecule is O=C(Cc1cccc(O)c1)NCCn1c(C2CC2)n[nH]c1=S. The van der Waals surface area contributed by atoms with Gasteiger partial charge in [-0.25, -0.2) is 0 Å². The Morgan fingerprint density at radius 3 is 3.05 bits per heavy atom. The summed E-state index contributed by atoms with van der Waals surface area (Å²) in [7, 11) is 0. The Morgan fingerprint density at radius 2 is 2.32 bits per heavy atom. The molecule has 1 aromatic heterocycles. The Hall–Kier alpha value is -2.15. The number of carbonyl (C=O) groups excluding carboxylic acids is 1. The second-order valence-corrected chi connectivity index (χ2v) is 5.90. The molecule has 6 nitrogen and oxygen atoms in total. The van der Waals surface area contributed by atoms with Crippen LogP contribution >= 0.6 is 12.2 Å². The third-order valence-electron chi connectivity index (χ3n) is 3.66. The number of phenolic OH excluding ortho intramolecular Hbond substituents is 1. The first-order chi connectivity index (χ1) is 10.6. The highest BCUT2D eigenvalue weighted by molar-refractivity contribution is 7.71. The quantitative estimate of drug-likeness (QED) is 0.710. The number of phenols is 1. The van der Waals surface area contributed by atoms with Crippen LogP contribution in [0, 0.1) is 4.77 Å². The smallest absolute Gasteiger partial charge is 0.224 e. The van der Waals surface area contributed by atoms with Crippen molar-refractivity contribution >= 4 is 18.1 Å². The fraction of sp³-hybridized carbons (Fsp3) is 0.400. The number of nitrogens with zero attached hydrogens (tertiary/aromatic N) is 2. The highest BCUT2D eigenvalue weighted by Crippen LogP contribution is 2.38. The third kappa shape index (κ3) is 3.54. The maximum absolute atomic E-state index is 11.9. The van der Waals surface area contributed by atoms with E-state index in [0.717, 1.165) is 24.2 Å². The van der Waals surface area contributed by atoms with E-state index in [1.54, 1.807) is 18.2 Å². The van der Waals surface area contributed by atoms with Crippen LogP contribution in [0.3, 0.4) is 0 Å². The van der Waals surface area contributed by atoms with Gasteiger partial charge in [-0.3, -0.25) is 9.89 Å². The van der Waals surface area contributed by atoms with Crippen molar-refractivity contribution in [3.8, 4) is 5.75 Å². The molecule has 22 heavy (non-hydrogen) atoms. The number of aromatic nitrogens is 3. The van der Waals surface area contributed by atoms with Gasteiger partial charge in [-0.2, -0.15) is 5.10 Å². The van der Waals surface area contributed by atoms with Crippen LogP contribution < -0.4 is 5.32 Å². The zero-order chi connectivity index (χ0) is 15.5. The summed E-state index contributed by atoms with van der Waals surface area (Å²) < 4.78 is 2.56. The van der Waals surface area contributed by atoms with Crippen molar-refractivity contribution in [2.75, 3.05) is 6.54 Å². The van der Waals surface area contributed by atoms with E-state index < -0.39 is 0 Å². The molecule has 0 atom stereocenters. The number of amides is 1. The number of hydrogen-bond donors (Lipinski definition) is 3. The molecule has 7 heteroatoms. The van der Waals surface area contributed by atoms with Crippen LogP contribution in [0.25, 0.3) is 0 Å². The highest BCUT2D eigenvalue weighted by Gasteiger charge is 2.28. The lowest BCUT2D eigenvalue weighted by atomic mass is 10.1. The molecule has 0 aliphatic heterocycles. The molecular weight excluding hydrogens is 300 g/mol. The van der Waals surface area contributed by atoms with E-state index >= 15 is 0 Å². The van der Waals surface area contributed by atoms with E-state index in [0.29, 0.717) is 23.8 Å². The molecule has 0 radical (unpaired) electrons. The molecule has 0 spiro atoms. The van der Waals surface area contributed by atoms with Gasteiger partial charge in [-0.1, -0.05) is 12.1 Å². The Labute approximate surface area is 133 Å². The van der Waals surface area contributed by atoms with E-state index in [2.05, 4.69) is 15.5 Å². The molecule has 0 unspecified atom stereocenters. The summed E-state index contributed by atoms with van der Waals surface area (Å²) in [5.74, 6) is 1.60. The second-order valence-electron chi connectivity index (χ2n) is 5.51. The third-order valence-corrected chi connectivity index (χ3v) is 3.97. The van der Waals surface area contributed by atoms with Gasteiger partial charge in [0, 0.05) is 19.0 Å². The number of aromatic amines is 1. The molecular formula is C15H18N4O2S. The fourth-order valence-corrected chi connectivity index (χ4v) is 2.65. The van der Waals surface area contributed by atoms with E-state index in [1.165, 1.54) is 0 Å². The van der Waals surface area contributed by atoms with Gasteiger partial charge >= 0.3 is 0 Å². The Balaban J connectivity index is 1.52. The van der Waals surface area contributed by atoms with Crippen LogP contribution in [-0.4, -0.2) is 32.3 Å². The number of carbonyl (C=O) groups is 1. The summed E-state index contributed by atoms with van der Waals surface area (Å²) >= 11 is 5.22. The number of nitrogens with one attached hydrogen (secondary N) is 2. The fourth-order valence-electron chi connectivity index (χ4n) is 2.42. The van der Waals surface area contributed by atoms with Crippen LogP contribution in [0.5, 0.6) is 5.75 Å². The van der Waals surface area contributed by atoms with Crippen LogP contribution in [0.4, 0.5) is 0 Å². The number of hydrogen-bond acceptors (Lipinski definition) is 4. The van der Waals surface area contributed by atoms with Gasteiger partial charge in [0.2, 0.25) is 5.91 Å².